The van der Waals surface area contributed by atoms with E-state index in [2.05, 4.69) is 10.3 Å². The van der Waals surface area contributed by atoms with Gasteiger partial charge in [-0.1, -0.05) is 32.8 Å². The predicted molar refractivity (Wildman–Crippen MR) is 82.9 cm³/mol. The summed E-state index contributed by atoms with van der Waals surface area (Å²) in [4.78, 5) is 31.1. The molecule has 1 unspecified atom stereocenters. The van der Waals surface area contributed by atoms with Gasteiger partial charge in [0.2, 0.25) is 0 Å². The van der Waals surface area contributed by atoms with Crippen LogP contribution in [0.5, 0.6) is 0 Å². The fraction of sp³-hybridized carbons (Fsp3) is 0.588. The van der Waals surface area contributed by atoms with Gasteiger partial charge in [0, 0.05) is 6.20 Å². The Kier molecular flexibility index (Phi) is 4.14. The molecule has 0 spiro atoms. The Balaban J connectivity index is 1.91. The number of amides is 3. The van der Waals surface area contributed by atoms with E-state index in [0.717, 1.165) is 31.4 Å². The molecule has 1 aromatic rings. The van der Waals surface area contributed by atoms with Crippen LogP contribution in [0.25, 0.3) is 0 Å². The van der Waals surface area contributed by atoms with Crippen LogP contribution < -0.4 is 5.32 Å². The molecule has 1 saturated carbocycles. The molecule has 5 heteroatoms. The van der Waals surface area contributed by atoms with Gasteiger partial charge in [0.05, 0.1) is 11.7 Å². The molecule has 5 nitrogen and oxygen atoms in total. The molecule has 2 heterocycles. The Hall–Kier alpha value is -1.91. The number of urea groups is 1. The summed E-state index contributed by atoms with van der Waals surface area (Å²) in [5.74, 6) is 0.384. The minimum absolute atomic E-state index is 0.0955. The first kappa shape index (κ1) is 15.0. The number of nitrogens with one attached hydrogen (secondary N) is 1. The van der Waals surface area contributed by atoms with Crippen molar-refractivity contribution in [1.82, 2.24) is 15.2 Å². The lowest BCUT2D eigenvalue weighted by Crippen LogP contribution is -2.42. The topological polar surface area (TPSA) is 62.3 Å². The maximum atomic E-state index is 12.8. The van der Waals surface area contributed by atoms with Gasteiger partial charge in [0.25, 0.3) is 5.91 Å². The number of carbonyl (C=O) groups excluding carboxylic acids is 2. The third-order valence-corrected chi connectivity index (χ3v) is 5.08. The van der Waals surface area contributed by atoms with Crippen molar-refractivity contribution >= 4 is 11.9 Å². The predicted octanol–water partition coefficient (Wildman–Crippen LogP) is 2.89. The number of nitrogens with zero attached hydrogens (tertiary/aromatic N) is 2. The standard InChI is InChI=1S/C17H23N3O2/c1-3-11(2)14-16(21)20(17(22)19-14)15(12-7-6-8-12)13-9-4-5-10-18-13/h4-5,9-12,14-15H,3,6-8H2,1-2H3,(H,19,22)/t11-,14-,15?/m0/s1. The molecular weight excluding hydrogens is 278 g/mol. The molecule has 3 atom stereocenters. The molecule has 0 radical (unpaired) electrons. The molecule has 1 aromatic heterocycles. The van der Waals surface area contributed by atoms with Crippen LogP contribution in [0.4, 0.5) is 4.79 Å². The first-order chi connectivity index (χ1) is 10.6. The lowest BCUT2D eigenvalue weighted by molar-refractivity contribution is -0.131. The Morgan fingerprint density at radius 1 is 1.36 bits per heavy atom. The normalized spacial score (nSPS) is 24.8. The lowest BCUT2D eigenvalue weighted by Gasteiger charge is -2.37. The first-order valence-electron chi connectivity index (χ1n) is 8.18. The van der Waals surface area contributed by atoms with Crippen LogP contribution in [0.1, 0.15) is 51.3 Å². The Bertz CT molecular complexity index is 556. The zero-order valence-corrected chi connectivity index (χ0v) is 13.2. The summed E-state index contributed by atoms with van der Waals surface area (Å²) >= 11 is 0. The van der Waals surface area contributed by atoms with Crippen LogP contribution in [0.2, 0.25) is 0 Å². The maximum absolute atomic E-state index is 12.8. The summed E-state index contributed by atoms with van der Waals surface area (Å²) in [5, 5.41) is 2.87. The van der Waals surface area contributed by atoms with Crippen LogP contribution >= 0.6 is 0 Å². The van der Waals surface area contributed by atoms with Gasteiger partial charge < -0.3 is 5.32 Å². The fourth-order valence-corrected chi connectivity index (χ4v) is 3.29. The summed E-state index contributed by atoms with van der Waals surface area (Å²) in [6.45, 7) is 4.04. The number of pyridine rings is 1. The third-order valence-electron chi connectivity index (χ3n) is 5.08. The van der Waals surface area contributed by atoms with Crippen molar-refractivity contribution in [1.29, 1.82) is 0 Å². The molecule has 1 aliphatic heterocycles. The molecule has 118 valence electrons. The van der Waals surface area contributed by atoms with Gasteiger partial charge in [-0.25, -0.2) is 4.79 Å². The van der Waals surface area contributed by atoms with E-state index >= 15 is 0 Å². The molecule has 1 saturated heterocycles. The van der Waals surface area contributed by atoms with E-state index < -0.39 is 6.04 Å². The van der Waals surface area contributed by atoms with Gasteiger partial charge in [0.1, 0.15) is 6.04 Å². The third kappa shape index (κ3) is 2.49. The smallest absolute Gasteiger partial charge is 0.325 e. The Labute approximate surface area is 131 Å². The van der Waals surface area contributed by atoms with Crippen molar-refractivity contribution in [2.45, 2.75) is 51.6 Å². The molecular formula is C17H23N3O2. The highest BCUT2D eigenvalue weighted by atomic mass is 16.2. The zero-order chi connectivity index (χ0) is 15.7. The van der Waals surface area contributed by atoms with Crippen molar-refractivity contribution in [3.63, 3.8) is 0 Å². The minimum Gasteiger partial charge on any atom is -0.326 e. The molecule has 1 aliphatic carbocycles. The molecule has 3 amide bonds. The van der Waals surface area contributed by atoms with E-state index in [1.165, 1.54) is 4.90 Å². The summed E-state index contributed by atoms with van der Waals surface area (Å²) in [5.41, 5.74) is 0.820. The van der Waals surface area contributed by atoms with E-state index in [1.807, 2.05) is 32.0 Å². The Morgan fingerprint density at radius 2 is 2.14 bits per heavy atom. The highest BCUT2D eigenvalue weighted by molar-refractivity contribution is 6.04. The average Bonchev–Trinajstić information content (AvgIpc) is 2.78. The van der Waals surface area contributed by atoms with Crippen LogP contribution in [0.15, 0.2) is 24.4 Å². The van der Waals surface area contributed by atoms with Gasteiger partial charge in [-0.15, -0.1) is 0 Å². The highest BCUT2D eigenvalue weighted by Crippen LogP contribution is 2.42. The Morgan fingerprint density at radius 3 is 2.68 bits per heavy atom. The summed E-state index contributed by atoms with van der Waals surface area (Å²) in [6.07, 6.45) is 5.85. The highest BCUT2D eigenvalue weighted by Gasteiger charge is 2.47. The minimum atomic E-state index is -0.399. The first-order valence-corrected chi connectivity index (χ1v) is 8.18. The molecule has 0 aromatic carbocycles. The zero-order valence-electron chi connectivity index (χ0n) is 13.2. The number of hydrogen-bond donors (Lipinski definition) is 1. The number of rotatable bonds is 5. The summed E-state index contributed by atoms with van der Waals surface area (Å²) in [6, 6.07) is 4.80. The quantitative estimate of drug-likeness (QED) is 0.851. The molecule has 1 N–H and O–H groups in total. The van der Waals surface area contributed by atoms with Crippen LogP contribution in [-0.2, 0) is 4.79 Å². The van der Waals surface area contributed by atoms with E-state index in [4.69, 9.17) is 0 Å². The summed E-state index contributed by atoms with van der Waals surface area (Å²) < 4.78 is 0. The van der Waals surface area contributed by atoms with E-state index in [9.17, 15) is 9.59 Å². The van der Waals surface area contributed by atoms with Crippen molar-refractivity contribution < 1.29 is 9.59 Å². The number of hydrogen-bond acceptors (Lipinski definition) is 3. The van der Waals surface area contributed by atoms with Crippen molar-refractivity contribution in [2.75, 3.05) is 0 Å². The van der Waals surface area contributed by atoms with Gasteiger partial charge >= 0.3 is 6.03 Å². The maximum Gasteiger partial charge on any atom is 0.325 e. The second kappa shape index (κ2) is 6.07. The van der Waals surface area contributed by atoms with Crippen molar-refractivity contribution in [3.05, 3.63) is 30.1 Å². The van der Waals surface area contributed by atoms with Crippen molar-refractivity contribution in [2.24, 2.45) is 11.8 Å². The van der Waals surface area contributed by atoms with Crippen molar-refractivity contribution in [3.8, 4) is 0 Å². The van der Waals surface area contributed by atoms with E-state index in [0.29, 0.717) is 5.92 Å². The van der Waals surface area contributed by atoms with E-state index in [1.54, 1.807) is 6.20 Å². The van der Waals surface area contributed by atoms with Gasteiger partial charge in [-0.05, 0) is 36.8 Å². The lowest BCUT2D eigenvalue weighted by atomic mass is 9.77. The number of carbonyl (C=O) groups is 2. The van der Waals surface area contributed by atoms with Crippen LogP contribution in [0, 0.1) is 11.8 Å². The molecule has 22 heavy (non-hydrogen) atoms. The average molecular weight is 301 g/mol. The molecule has 3 rings (SSSR count). The molecule has 2 aliphatic rings. The summed E-state index contributed by atoms with van der Waals surface area (Å²) in [7, 11) is 0. The monoisotopic (exact) mass is 301 g/mol. The fourth-order valence-electron chi connectivity index (χ4n) is 3.29. The number of aromatic nitrogens is 1. The van der Waals surface area contributed by atoms with Gasteiger partial charge in [0.15, 0.2) is 0 Å². The second-order valence-corrected chi connectivity index (χ2v) is 6.41. The van der Waals surface area contributed by atoms with Gasteiger partial charge in [-0.2, -0.15) is 0 Å². The molecule has 0 bridgehead atoms. The van der Waals surface area contributed by atoms with Crippen LogP contribution in [0.3, 0.4) is 0 Å². The SMILES string of the molecule is CC[C@H](C)[C@@H]1NC(=O)N(C(c2ccccn2)C2CCC2)C1=O. The van der Waals surface area contributed by atoms with E-state index in [-0.39, 0.29) is 23.9 Å². The second-order valence-electron chi connectivity index (χ2n) is 6.41. The van der Waals surface area contributed by atoms with Crippen LogP contribution in [-0.4, -0.2) is 27.9 Å². The molecule has 2 fully saturated rings. The number of imide groups is 1. The van der Waals surface area contributed by atoms with Gasteiger partial charge in [-0.3, -0.25) is 14.7 Å². The largest absolute Gasteiger partial charge is 0.326 e.